The molecule has 2 nitrogen and oxygen atoms in total. The van der Waals surface area contributed by atoms with E-state index >= 15 is 0 Å². The summed E-state index contributed by atoms with van der Waals surface area (Å²) < 4.78 is 5.86. The van der Waals surface area contributed by atoms with Crippen LogP contribution in [0.1, 0.15) is 58.3 Å². The lowest BCUT2D eigenvalue weighted by molar-refractivity contribution is -0.147. The first-order valence-corrected chi connectivity index (χ1v) is 6.40. The van der Waals surface area contributed by atoms with Gasteiger partial charge in [0.25, 0.3) is 0 Å². The molecule has 0 amide bonds. The minimum absolute atomic E-state index is 0.204. The van der Waals surface area contributed by atoms with E-state index < -0.39 is 0 Å². The van der Waals surface area contributed by atoms with Crippen molar-refractivity contribution in [3.05, 3.63) is 0 Å². The first-order valence-electron chi connectivity index (χ1n) is 6.40. The number of Topliss-reactive ketones (excluding diaryl/α,β-unsaturated/α-hetero) is 1. The summed E-state index contributed by atoms with van der Waals surface area (Å²) >= 11 is 0. The third-order valence-electron chi connectivity index (χ3n) is 3.91. The Labute approximate surface area is 92.4 Å². The lowest BCUT2D eigenvalue weighted by atomic mass is 9.71. The molecule has 1 aliphatic carbocycles. The highest BCUT2D eigenvalue weighted by Crippen LogP contribution is 2.45. The van der Waals surface area contributed by atoms with Gasteiger partial charge < -0.3 is 4.74 Å². The van der Waals surface area contributed by atoms with Gasteiger partial charge in [-0.2, -0.15) is 0 Å². The minimum Gasteiger partial charge on any atom is -0.375 e. The maximum absolute atomic E-state index is 11.6. The molecule has 1 unspecified atom stereocenters. The van der Waals surface area contributed by atoms with Gasteiger partial charge in [-0.3, -0.25) is 4.79 Å². The van der Waals surface area contributed by atoms with Crippen LogP contribution in [0.5, 0.6) is 0 Å². The third-order valence-corrected chi connectivity index (χ3v) is 3.91. The Morgan fingerprint density at radius 1 is 1.47 bits per heavy atom. The van der Waals surface area contributed by atoms with E-state index in [-0.39, 0.29) is 5.60 Å². The van der Waals surface area contributed by atoms with Crippen molar-refractivity contribution in [2.24, 2.45) is 5.92 Å². The van der Waals surface area contributed by atoms with E-state index in [1.165, 1.54) is 19.3 Å². The molecular weight excluding hydrogens is 188 g/mol. The van der Waals surface area contributed by atoms with Gasteiger partial charge in [-0.1, -0.05) is 6.92 Å². The van der Waals surface area contributed by atoms with Gasteiger partial charge in [0.05, 0.1) is 5.60 Å². The monoisotopic (exact) mass is 210 g/mol. The number of ketones is 1. The second-order valence-corrected chi connectivity index (χ2v) is 5.24. The molecule has 0 aromatic heterocycles. The molecule has 15 heavy (non-hydrogen) atoms. The fourth-order valence-corrected chi connectivity index (χ4v) is 2.93. The smallest absolute Gasteiger partial charge is 0.133 e. The zero-order valence-electron chi connectivity index (χ0n) is 9.76. The molecule has 1 heterocycles. The third kappa shape index (κ3) is 2.60. The van der Waals surface area contributed by atoms with Crippen molar-refractivity contribution in [3.8, 4) is 0 Å². The van der Waals surface area contributed by atoms with Crippen molar-refractivity contribution in [1.82, 2.24) is 0 Å². The number of rotatable bonds is 4. The summed E-state index contributed by atoms with van der Waals surface area (Å²) in [4.78, 5) is 11.6. The normalized spacial score (nSPS) is 28.7. The minimum atomic E-state index is 0.204. The Morgan fingerprint density at radius 2 is 2.27 bits per heavy atom. The average Bonchev–Trinajstić information content (AvgIpc) is 2.16. The molecule has 86 valence electrons. The molecule has 1 saturated carbocycles. The van der Waals surface area contributed by atoms with Crippen LogP contribution in [0.2, 0.25) is 0 Å². The second kappa shape index (κ2) is 4.65. The number of hydrogen-bond donors (Lipinski definition) is 0. The Bertz CT molecular complexity index is 231. The van der Waals surface area contributed by atoms with Crippen LogP contribution < -0.4 is 0 Å². The summed E-state index contributed by atoms with van der Waals surface area (Å²) in [5.41, 5.74) is 0.204. The molecule has 2 heteroatoms. The van der Waals surface area contributed by atoms with Crippen molar-refractivity contribution >= 4 is 5.78 Å². The Morgan fingerprint density at radius 3 is 2.87 bits per heavy atom. The zero-order valence-corrected chi connectivity index (χ0v) is 9.76. The zero-order chi connectivity index (χ0) is 10.7. The quantitative estimate of drug-likeness (QED) is 0.712. The van der Waals surface area contributed by atoms with Crippen molar-refractivity contribution in [1.29, 1.82) is 0 Å². The summed E-state index contributed by atoms with van der Waals surface area (Å²) in [6, 6.07) is 0. The van der Waals surface area contributed by atoms with E-state index in [4.69, 9.17) is 4.74 Å². The highest BCUT2D eigenvalue weighted by molar-refractivity contribution is 5.78. The molecule has 1 atom stereocenters. The lowest BCUT2D eigenvalue weighted by Gasteiger charge is -2.47. The van der Waals surface area contributed by atoms with Crippen LogP contribution in [0, 0.1) is 5.92 Å². The molecule has 2 rings (SSSR count). The van der Waals surface area contributed by atoms with E-state index in [1.54, 1.807) is 0 Å². The van der Waals surface area contributed by atoms with Gasteiger partial charge in [-0.05, 0) is 44.4 Å². The Kier molecular flexibility index (Phi) is 3.45. The Hall–Kier alpha value is -0.370. The Balaban J connectivity index is 1.80. The molecule has 2 aliphatic rings. The molecule has 2 fully saturated rings. The van der Waals surface area contributed by atoms with E-state index in [1.807, 2.05) is 0 Å². The maximum Gasteiger partial charge on any atom is 0.133 e. The van der Waals surface area contributed by atoms with Crippen LogP contribution in [0.4, 0.5) is 0 Å². The number of carbonyl (C=O) groups is 1. The molecule has 0 N–H and O–H groups in total. The molecule has 0 radical (unpaired) electrons. The van der Waals surface area contributed by atoms with Crippen LogP contribution in [0.3, 0.4) is 0 Å². The number of hydrogen-bond acceptors (Lipinski definition) is 2. The van der Waals surface area contributed by atoms with Gasteiger partial charge in [-0.15, -0.1) is 0 Å². The summed E-state index contributed by atoms with van der Waals surface area (Å²) in [7, 11) is 0. The molecular formula is C13H22O2. The molecule has 0 aromatic rings. The summed E-state index contributed by atoms with van der Waals surface area (Å²) in [5.74, 6) is 1.07. The summed E-state index contributed by atoms with van der Waals surface area (Å²) in [6.07, 6.45) is 8.57. The summed E-state index contributed by atoms with van der Waals surface area (Å²) in [5, 5.41) is 0. The highest BCUT2D eigenvalue weighted by atomic mass is 16.5. The van der Waals surface area contributed by atoms with Crippen molar-refractivity contribution in [2.45, 2.75) is 63.9 Å². The number of ether oxygens (including phenoxy) is 1. The van der Waals surface area contributed by atoms with Crippen LogP contribution in [-0.2, 0) is 9.53 Å². The van der Waals surface area contributed by atoms with E-state index in [9.17, 15) is 4.79 Å². The van der Waals surface area contributed by atoms with Gasteiger partial charge in [0.1, 0.15) is 5.78 Å². The first-order chi connectivity index (χ1) is 7.24. The van der Waals surface area contributed by atoms with Crippen molar-refractivity contribution in [3.63, 3.8) is 0 Å². The van der Waals surface area contributed by atoms with Gasteiger partial charge in [0.2, 0.25) is 0 Å². The molecule has 0 aromatic carbocycles. The number of carbonyl (C=O) groups excluding carboxylic acids is 1. The van der Waals surface area contributed by atoms with Crippen LogP contribution in [0.15, 0.2) is 0 Å². The first kappa shape index (κ1) is 11.1. The molecule has 1 spiro atoms. The topological polar surface area (TPSA) is 26.3 Å². The fraction of sp³-hybridized carbons (Fsp3) is 0.923. The van der Waals surface area contributed by atoms with Crippen molar-refractivity contribution < 1.29 is 9.53 Å². The van der Waals surface area contributed by atoms with Crippen LogP contribution in [-0.4, -0.2) is 18.0 Å². The summed E-state index contributed by atoms with van der Waals surface area (Å²) in [6.45, 7) is 2.96. The largest absolute Gasteiger partial charge is 0.375 e. The van der Waals surface area contributed by atoms with E-state index in [0.717, 1.165) is 38.7 Å². The second-order valence-electron chi connectivity index (χ2n) is 5.24. The van der Waals surface area contributed by atoms with Gasteiger partial charge >= 0.3 is 0 Å². The highest BCUT2D eigenvalue weighted by Gasteiger charge is 2.42. The van der Waals surface area contributed by atoms with E-state index in [0.29, 0.717) is 11.7 Å². The van der Waals surface area contributed by atoms with Gasteiger partial charge in [0, 0.05) is 19.4 Å². The molecule has 1 saturated heterocycles. The standard InChI is InChI=1S/C13H22O2/c1-2-4-12(14)9-11-5-8-15-13(10-11)6-3-7-13/h11H,2-10H2,1H3. The SMILES string of the molecule is CCCC(=O)CC1CCOC2(CCC2)C1. The average molecular weight is 210 g/mol. The van der Waals surface area contributed by atoms with Crippen molar-refractivity contribution in [2.75, 3.05) is 6.61 Å². The lowest BCUT2D eigenvalue weighted by Crippen LogP contribution is -2.45. The van der Waals surface area contributed by atoms with Gasteiger partial charge in [0.15, 0.2) is 0 Å². The molecule has 1 aliphatic heterocycles. The molecule has 0 bridgehead atoms. The van der Waals surface area contributed by atoms with Gasteiger partial charge in [-0.25, -0.2) is 0 Å². The predicted molar refractivity (Wildman–Crippen MR) is 59.8 cm³/mol. The maximum atomic E-state index is 11.6. The van der Waals surface area contributed by atoms with E-state index in [2.05, 4.69) is 6.92 Å². The van der Waals surface area contributed by atoms with Crippen LogP contribution in [0.25, 0.3) is 0 Å². The predicted octanol–water partition coefficient (Wildman–Crippen LogP) is 3.10. The van der Waals surface area contributed by atoms with Crippen LogP contribution >= 0.6 is 0 Å². The fourth-order valence-electron chi connectivity index (χ4n) is 2.93.